The van der Waals surface area contributed by atoms with Gasteiger partial charge in [0.25, 0.3) is 0 Å². The van der Waals surface area contributed by atoms with Crippen molar-refractivity contribution in [3.63, 3.8) is 0 Å². The van der Waals surface area contributed by atoms with Crippen molar-refractivity contribution >= 4 is 5.91 Å². The van der Waals surface area contributed by atoms with Crippen LogP contribution in [0.3, 0.4) is 0 Å². The van der Waals surface area contributed by atoms with Crippen molar-refractivity contribution in [2.45, 2.75) is 37.6 Å². The molecule has 1 aromatic heterocycles. The highest BCUT2D eigenvalue weighted by Gasteiger charge is 2.50. The summed E-state index contributed by atoms with van der Waals surface area (Å²) in [7, 11) is 2.07. The predicted molar refractivity (Wildman–Crippen MR) is 110 cm³/mol. The Hall–Kier alpha value is -2.15. The first kappa shape index (κ1) is 21.6. The van der Waals surface area contributed by atoms with Gasteiger partial charge in [0, 0.05) is 6.92 Å². The molecule has 0 bridgehead atoms. The molecule has 0 unspecified atom stereocenters. The van der Waals surface area contributed by atoms with Gasteiger partial charge in [0.05, 0.1) is 7.05 Å². The van der Waals surface area contributed by atoms with E-state index in [-0.39, 0.29) is 35.8 Å². The predicted octanol–water partition coefficient (Wildman–Crippen LogP) is 0.438. The topological polar surface area (TPSA) is 51.9 Å². The van der Waals surface area contributed by atoms with Crippen molar-refractivity contribution in [3.8, 4) is 0 Å². The molecule has 152 valence electrons. The summed E-state index contributed by atoms with van der Waals surface area (Å²) in [4.78, 5) is 13.1. The first-order chi connectivity index (χ1) is 13.5. The van der Waals surface area contributed by atoms with Crippen LogP contribution in [0.25, 0.3) is 0 Å². The second kappa shape index (κ2) is 8.69. The molecule has 2 N–H and O–H groups in total. The molecule has 2 atom stereocenters. The third-order valence-corrected chi connectivity index (χ3v) is 6.48. The minimum absolute atomic E-state index is 0. The maximum absolute atomic E-state index is 13.1. The minimum Gasteiger partial charge on any atom is -1.00 e. The molecule has 2 aromatic carbocycles. The first-order valence-corrected chi connectivity index (χ1v) is 9.98. The van der Waals surface area contributed by atoms with Gasteiger partial charge in [-0.1, -0.05) is 60.7 Å². The Balaban J connectivity index is 0.00000240. The normalized spacial score (nSPS) is 19.0. The van der Waals surface area contributed by atoms with Gasteiger partial charge in [0.2, 0.25) is 12.2 Å². The van der Waals surface area contributed by atoms with Gasteiger partial charge in [-0.2, -0.15) is 0 Å². The van der Waals surface area contributed by atoms with Gasteiger partial charge in [0.1, 0.15) is 23.3 Å². The molecule has 1 heterocycles. The number of amides is 1. The van der Waals surface area contributed by atoms with Crippen LogP contribution in [0.1, 0.15) is 42.1 Å². The van der Waals surface area contributed by atoms with E-state index >= 15 is 0 Å². The fourth-order valence-electron chi connectivity index (χ4n) is 4.98. The Bertz CT molecular complexity index is 909. The summed E-state index contributed by atoms with van der Waals surface area (Å²) in [5.41, 5.74) is 8.59. The molecule has 1 aliphatic rings. The molecule has 5 heteroatoms. The number of carbonyl (C=O) groups excluding carboxylic acids is 1. The third kappa shape index (κ3) is 3.72. The molecule has 29 heavy (non-hydrogen) atoms. The Labute approximate surface area is 189 Å². The van der Waals surface area contributed by atoms with Gasteiger partial charge in [-0.3, -0.25) is 4.79 Å². The number of rotatable bonds is 5. The highest BCUT2D eigenvalue weighted by atomic mass is 127. The maximum atomic E-state index is 13.1. The molecule has 1 saturated carbocycles. The number of halogens is 1. The fraction of sp³-hybridized carbons (Fsp3) is 0.333. The van der Waals surface area contributed by atoms with E-state index in [0.29, 0.717) is 6.04 Å². The van der Waals surface area contributed by atoms with E-state index in [9.17, 15) is 4.79 Å². The molecule has 1 aliphatic carbocycles. The Morgan fingerprint density at radius 2 is 1.59 bits per heavy atom. The van der Waals surface area contributed by atoms with Gasteiger partial charge in [-0.15, -0.1) is 0 Å². The van der Waals surface area contributed by atoms with E-state index in [1.54, 1.807) is 0 Å². The van der Waals surface area contributed by atoms with Crippen LogP contribution in [-0.2, 0) is 17.3 Å². The number of hydrogen-bond acceptors (Lipinski definition) is 1. The minimum atomic E-state index is -0.804. The number of carbonyl (C=O) groups is 1. The lowest BCUT2D eigenvalue weighted by Gasteiger charge is -2.37. The molecule has 1 fully saturated rings. The summed E-state index contributed by atoms with van der Waals surface area (Å²) < 4.78 is 4.44. The molecule has 0 spiro atoms. The molecular formula is C24H28IN3O. The van der Waals surface area contributed by atoms with Gasteiger partial charge in [0.15, 0.2) is 0 Å². The van der Waals surface area contributed by atoms with E-state index in [4.69, 9.17) is 5.73 Å². The second-order valence-corrected chi connectivity index (χ2v) is 8.01. The average molecular weight is 501 g/mol. The summed E-state index contributed by atoms with van der Waals surface area (Å²) in [5, 5.41) is 0. The zero-order valence-corrected chi connectivity index (χ0v) is 19.1. The van der Waals surface area contributed by atoms with Crippen LogP contribution in [-0.4, -0.2) is 10.5 Å². The van der Waals surface area contributed by atoms with E-state index in [0.717, 1.165) is 30.4 Å². The number of aromatic nitrogens is 2. The van der Waals surface area contributed by atoms with Crippen molar-refractivity contribution in [1.82, 2.24) is 4.57 Å². The lowest BCUT2D eigenvalue weighted by molar-refractivity contribution is -0.677. The SMILES string of the molecule is Cc1cn([C@@H]2CC[C@H](C(C(N)=O)(c3ccccc3)c3ccccc3)C2)c[n+]1C.[I-]. The molecule has 1 amide bonds. The molecule has 4 rings (SSSR count). The molecular weight excluding hydrogens is 473 g/mol. The largest absolute Gasteiger partial charge is 1.00 e. The molecule has 0 saturated heterocycles. The van der Waals surface area contributed by atoms with E-state index < -0.39 is 5.41 Å². The van der Waals surface area contributed by atoms with Crippen LogP contribution in [0.15, 0.2) is 73.2 Å². The van der Waals surface area contributed by atoms with Crippen LogP contribution < -0.4 is 34.3 Å². The van der Waals surface area contributed by atoms with Gasteiger partial charge in [-0.25, -0.2) is 9.13 Å². The summed E-state index contributed by atoms with van der Waals surface area (Å²) in [5.74, 6) is -0.0994. The molecule has 4 nitrogen and oxygen atoms in total. The second-order valence-electron chi connectivity index (χ2n) is 8.01. The van der Waals surface area contributed by atoms with E-state index in [2.05, 4.69) is 35.6 Å². The Morgan fingerprint density at radius 3 is 2.03 bits per heavy atom. The summed E-state index contributed by atoms with van der Waals surface area (Å²) >= 11 is 0. The van der Waals surface area contributed by atoms with Gasteiger partial charge in [-0.05, 0) is 36.3 Å². The lowest BCUT2D eigenvalue weighted by Crippen LogP contribution is -3.00. The maximum Gasteiger partial charge on any atom is 0.243 e. The summed E-state index contributed by atoms with van der Waals surface area (Å²) in [6.07, 6.45) is 7.30. The zero-order chi connectivity index (χ0) is 19.7. The lowest BCUT2D eigenvalue weighted by atomic mass is 9.64. The average Bonchev–Trinajstić information content (AvgIpc) is 3.31. The van der Waals surface area contributed by atoms with Gasteiger partial charge >= 0.3 is 0 Å². The Kier molecular flexibility index (Phi) is 6.46. The fourth-order valence-corrected chi connectivity index (χ4v) is 4.98. The first-order valence-electron chi connectivity index (χ1n) is 9.98. The van der Waals surface area contributed by atoms with Gasteiger partial charge < -0.3 is 29.7 Å². The number of primary amides is 1. The highest BCUT2D eigenvalue weighted by molar-refractivity contribution is 5.91. The molecule has 0 aliphatic heterocycles. The van der Waals surface area contributed by atoms with E-state index in [1.807, 2.05) is 60.7 Å². The third-order valence-electron chi connectivity index (χ3n) is 6.48. The number of hydrogen-bond donors (Lipinski definition) is 1. The Morgan fingerprint density at radius 1 is 1.03 bits per heavy atom. The highest BCUT2D eigenvalue weighted by Crippen LogP contribution is 2.49. The van der Waals surface area contributed by atoms with Crippen LogP contribution in [0.4, 0.5) is 0 Å². The standard InChI is InChI=1S/C24H27N3O.HI/c1-18-16-27(17-26(18)2)22-14-13-21(15-22)24(23(25)28,19-9-5-3-6-10-19)20-11-7-4-8-12-20;/h3-12,16-17,21-22H,13-15H2,1-2H3,(H-,25,28);1H/t21-,22+;/m0./s1. The molecule has 0 radical (unpaired) electrons. The smallest absolute Gasteiger partial charge is 0.243 e. The van der Waals surface area contributed by atoms with Crippen LogP contribution in [0.5, 0.6) is 0 Å². The number of nitrogens with two attached hydrogens (primary N) is 1. The van der Waals surface area contributed by atoms with Crippen molar-refractivity contribution in [3.05, 3.63) is 90.0 Å². The quantitative estimate of drug-likeness (QED) is 0.401. The van der Waals surface area contributed by atoms with Crippen molar-refractivity contribution in [2.75, 3.05) is 0 Å². The van der Waals surface area contributed by atoms with Crippen molar-refractivity contribution in [1.29, 1.82) is 0 Å². The van der Waals surface area contributed by atoms with Crippen LogP contribution >= 0.6 is 0 Å². The summed E-state index contributed by atoms with van der Waals surface area (Å²) in [6.45, 7) is 2.12. The zero-order valence-electron chi connectivity index (χ0n) is 17.0. The monoisotopic (exact) mass is 501 g/mol. The van der Waals surface area contributed by atoms with Crippen molar-refractivity contribution < 1.29 is 33.3 Å². The molecule has 3 aromatic rings. The van der Waals surface area contributed by atoms with Crippen LogP contribution in [0.2, 0.25) is 0 Å². The van der Waals surface area contributed by atoms with Crippen LogP contribution in [0, 0.1) is 12.8 Å². The number of aryl methyl sites for hydroxylation is 2. The number of benzene rings is 2. The number of nitrogens with zero attached hydrogens (tertiary/aromatic N) is 2. The van der Waals surface area contributed by atoms with Crippen molar-refractivity contribution in [2.24, 2.45) is 18.7 Å². The van der Waals surface area contributed by atoms with E-state index in [1.165, 1.54) is 5.69 Å². The number of imidazole rings is 1. The summed E-state index contributed by atoms with van der Waals surface area (Å²) in [6, 6.07) is 20.5.